The van der Waals surface area contributed by atoms with Crippen LogP contribution in [0.2, 0.25) is 0 Å². The van der Waals surface area contributed by atoms with E-state index in [0.29, 0.717) is 17.4 Å². The van der Waals surface area contributed by atoms with Gasteiger partial charge in [0.25, 0.3) is 0 Å². The van der Waals surface area contributed by atoms with Gasteiger partial charge in [0.1, 0.15) is 5.75 Å². The number of anilines is 1. The van der Waals surface area contributed by atoms with Gasteiger partial charge in [-0.15, -0.1) is 0 Å². The first-order chi connectivity index (χ1) is 7.58. The minimum atomic E-state index is -0.473. The third-order valence-electron chi connectivity index (χ3n) is 2.27. The fraction of sp³-hybridized carbons (Fsp3) is 0.364. The molecule has 5 nitrogen and oxygen atoms in total. The Morgan fingerprint density at radius 2 is 2.12 bits per heavy atom. The minimum absolute atomic E-state index is 0.382. The first-order valence-electron chi connectivity index (χ1n) is 5.04. The molecule has 0 aliphatic rings. The lowest BCUT2D eigenvalue weighted by Gasteiger charge is -2.13. The summed E-state index contributed by atoms with van der Waals surface area (Å²) in [5, 5.41) is 2.61. The number of methoxy groups -OCH3 is 1. The van der Waals surface area contributed by atoms with E-state index in [1.165, 1.54) is 0 Å². The van der Waals surface area contributed by atoms with Crippen molar-refractivity contribution >= 4 is 11.7 Å². The predicted molar refractivity (Wildman–Crippen MR) is 63.4 cm³/mol. The van der Waals surface area contributed by atoms with Crippen molar-refractivity contribution in [2.45, 2.75) is 19.8 Å². The van der Waals surface area contributed by atoms with Gasteiger partial charge >= 0.3 is 6.03 Å². The predicted octanol–water partition coefficient (Wildman–Crippen LogP) is 1.81. The third-order valence-corrected chi connectivity index (χ3v) is 2.27. The van der Waals surface area contributed by atoms with Crippen molar-refractivity contribution in [2.24, 2.45) is 5.84 Å². The van der Waals surface area contributed by atoms with Gasteiger partial charge in [0.2, 0.25) is 0 Å². The summed E-state index contributed by atoms with van der Waals surface area (Å²) >= 11 is 0. The minimum Gasteiger partial charge on any atom is -0.495 e. The lowest BCUT2D eigenvalue weighted by molar-refractivity contribution is 0.252. The SMILES string of the molecule is COc1ccc(C(C)C)cc1NC(=O)NN. The highest BCUT2D eigenvalue weighted by Gasteiger charge is 2.08. The van der Waals surface area contributed by atoms with Crippen LogP contribution < -0.4 is 21.3 Å². The van der Waals surface area contributed by atoms with E-state index in [2.05, 4.69) is 19.2 Å². The molecule has 0 heterocycles. The molecule has 4 N–H and O–H groups in total. The van der Waals surface area contributed by atoms with Gasteiger partial charge in [0, 0.05) is 0 Å². The van der Waals surface area contributed by atoms with Gasteiger partial charge in [0.15, 0.2) is 0 Å². The summed E-state index contributed by atoms with van der Waals surface area (Å²) in [6.07, 6.45) is 0. The molecular formula is C11H17N3O2. The summed E-state index contributed by atoms with van der Waals surface area (Å²) in [5.74, 6) is 5.99. The van der Waals surface area contributed by atoms with Crippen molar-refractivity contribution in [3.8, 4) is 5.75 Å². The highest BCUT2D eigenvalue weighted by molar-refractivity contribution is 5.90. The molecule has 0 unspecified atom stereocenters. The molecule has 0 bridgehead atoms. The number of carbonyl (C=O) groups is 1. The second-order valence-corrected chi connectivity index (χ2v) is 3.71. The van der Waals surface area contributed by atoms with Crippen LogP contribution in [0.5, 0.6) is 5.75 Å². The number of hydrogen-bond donors (Lipinski definition) is 3. The Hall–Kier alpha value is -1.75. The molecule has 0 atom stereocenters. The highest BCUT2D eigenvalue weighted by atomic mass is 16.5. The summed E-state index contributed by atoms with van der Waals surface area (Å²) in [7, 11) is 1.55. The van der Waals surface area contributed by atoms with Gasteiger partial charge < -0.3 is 10.1 Å². The summed E-state index contributed by atoms with van der Waals surface area (Å²) in [6.45, 7) is 4.16. The van der Waals surface area contributed by atoms with Crippen LogP contribution in [0.25, 0.3) is 0 Å². The number of hydrogen-bond acceptors (Lipinski definition) is 3. The van der Waals surface area contributed by atoms with Crippen LogP contribution in [0.1, 0.15) is 25.3 Å². The molecule has 5 heteroatoms. The zero-order valence-electron chi connectivity index (χ0n) is 9.70. The lowest BCUT2D eigenvalue weighted by atomic mass is 10.0. The normalized spacial score (nSPS) is 10.1. The van der Waals surface area contributed by atoms with Gasteiger partial charge in [-0.1, -0.05) is 19.9 Å². The molecule has 0 fully saturated rings. The molecule has 0 aromatic heterocycles. The Morgan fingerprint density at radius 3 is 2.62 bits per heavy atom. The zero-order valence-corrected chi connectivity index (χ0v) is 9.70. The molecule has 0 saturated heterocycles. The second-order valence-electron chi connectivity index (χ2n) is 3.71. The van der Waals surface area contributed by atoms with E-state index in [0.717, 1.165) is 5.56 Å². The molecule has 0 saturated carbocycles. The summed E-state index contributed by atoms with van der Waals surface area (Å²) < 4.78 is 5.14. The van der Waals surface area contributed by atoms with Gasteiger partial charge in [-0.05, 0) is 23.6 Å². The Kier molecular flexibility index (Phi) is 4.13. The van der Waals surface area contributed by atoms with Crippen molar-refractivity contribution in [1.29, 1.82) is 0 Å². The van der Waals surface area contributed by atoms with Crippen LogP contribution in [0.3, 0.4) is 0 Å². The number of amides is 2. The van der Waals surface area contributed by atoms with Crippen molar-refractivity contribution in [3.63, 3.8) is 0 Å². The number of nitrogens with two attached hydrogens (primary N) is 1. The maximum absolute atomic E-state index is 11.1. The quantitative estimate of drug-likeness (QED) is 0.415. The Labute approximate surface area is 94.9 Å². The molecule has 0 aliphatic carbocycles. The van der Waals surface area contributed by atoms with E-state index in [9.17, 15) is 4.79 Å². The van der Waals surface area contributed by atoms with E-state index in [1.54, 1.807) is 7.11 Å². The maximum Gasteiger partial charge on any atom is 0.333 e. The molecule has 1 aromatic carbocycles. The van der Waals surface area contributed by atoms with Crippen LogP contribution >= 0.6 is 0 Å². The summed E-state index contributed by atoms with van der Waals surface area (Å²) in [6, 6.07) is 5.19. The fourth-order valence-electron chi connectivity index (χ4n) is 1.34. The monoisotopic (exact) mass is 223 g/mol. The number of carbonyl (C=O) groups excluding carboxylic acids is 1. The van der Waals surface area contributed by atoms with Crippen molar-refractivity contribution in [2.75, 3.05) is 12.4 Å². The van der Waals surface area contributed by atoms with Crippen LogP contribution in [0, 0.1) is 0 Å². The van der Waals surface area contributed by atoms with Gasteiger partial charge in [-0.25, -0.2) is 10.6 Å². The van der Waals surface area contributed by atoms with E-state index >= 15 is 0 Å². The number of hydrazine groups is 1. The fourth-order valence-corrected chi connectivity index (χ4v) is 1.34. The molecule has 0 spiro atoms. The van der Waals surface area contributed by atoms with Crippen LogP contribution in [-0.2, 0) is 0 Å². The molecule has 16 heavy (non-hydrogen) atoms. The first kappa shape index (κ1) is 12.3. The van der Waals surface area contributed by atoms with Crippen LogP contribution in [0.15, 0.2) is 18.2 Å². The van der Waals surface area contributed by atoms with E-state index in [1.807, 2.05) is 23.6 Å². The standard InChI is InChI=1S/C11H17N3O2/c1-7(2)8-4-5-10(16-3)9(6-8)13-11(15)14-12/h4-7H,12H2,1-3H3,(H2,13,14,15). The third kappa shape index (κ3) is 2.87. The number of benzene rings is 1. The topological polar surface area (TPSA) is 76.4 Å². The van der Waals surface area contributed by atoms with Crippen molar-refractivity contribution in [3.05, 3.63) is 23.8 Å². The van der Waals surface area contributed by atoms with Crippen LogP contribution in [-0.4, -0.2) is 13.1 Å². The summed E-state index contributed by atoms with van der Waals surface area (Å²) in [5.41, 5.74) is 3.73. The molecule has 0 radical (unpaired) electrons. The van der Waals surface area contributed by atoms with Crippen LogP contribution in [0.4, 0.5) is 10.5 Å². The maximum atomic E-state index is 11.1. The second kappa shape index (κ2) is 5.37. The van der Waals surface area contributed by atoms with Gasteiger partial charge in [-0.2, -0.15) is 0 Å². The smallest absolute Gasteiger partial charge is 0.333 e. The molecule has 88 valence electrons. The first-order valence-corrected chi connectivity index (χ1v) is 5.04. The molecule has 1 aromatic rings. The molecule has 2 amide bonds. The van der Waals surface area contributed by atoms with Gasteiger partial charge in [0.05, 0.1) is 12.8 Å². The zero-order chi connectivity index (χ0) is 12.1. The average Bonchev–Trinajstić information content (AvgIpc) is 2.28. The number of ether oxygens (including phenoxy) is 1. The number of urea groups is 1. The summed E-state index contributed by atoms with van der Waals surface area (Å²) in [4.78, 5) is 11.1. The Morgan fingerprint density at radius 1 is 1.44 bits per heavy atom. The Bertz CT molecular complexity index is 377. The van der Waals surface area contributed by atoms with Crippen molar-refractivity contribution < 1.29 is 9.53 Å². The Balaban J connectivity index is 3.02. The largest absolute Gasteiger partial charge is 0.495 e. The van der Waals surface area contributed by atoms with E-state index in [-0.39, 0.29) is 0 Å². The van der Waals surface area contributed by atoms with E-state index < -0.39 is 6.03 Å². The molecule has 0 aliphatic heterocycles. The number of nitrogens with one attached hydrogen (secondary N) is 2. The molecule has 1 rings (SSSR count). The van der Waals surface area contributed by atoms with Gasteiger partial charge in [-0.3, -0.25) is 5.43 Å². The molecular weight excluding hydrogens is 206 g/mol. The van der Waals surface area contributed by atoms with E-state index in [4.69, 9.17) is 10.6 Å². The number of rotatable bonds is 3. The highest BCUT2D eigenvalue weighted by Crippen LogP contribution is 2.28. The lowest BCUT2D eigenvalue weighted by Crippen LogP contribution is -2.34. The van der Waals surface area contributed by atoms with Crippen molar-refractivity contribution in [1.82, 2.24) is 5.43 Å². The average molecular weight is 223 g/mol.